The summed E-state index contributed by atoms with van der Waals surface area (Å²) in [6.07, 6.45) is 1.54. The molecule has 0 radical (unpaired) electrons. The fraction of sp³-hybridized carbons (Fsp3) is 0.125. The number of aromatic nitrogens is 2. The van der Waals surface area contributed by atoms with Crippen molar-refractivity contribution in [2.45, 2.75) is 12.8 Å². The van der Waals surface area contributed by atoms with Crippen LogP contribution in [0.2, 0.25) is 0 Å². The van der Waals surface area contributed by atoms with E-state index in [0.29, 0.717) is 28.8 Å². The lowest BCUT2D eigenvalue weighted by atomic mass is 10.2. The maximum atomic E-state index is 12.8. The van der Waals surface area contributed by atoms with Gasteiger partial charge in [0.1, 0.15) is 22.3 Å². The normalized spacial score (nSPS) is 10.5. The number of amides is 1. The average molecular weight is 432 g/mol. The summed E-state index contributed by atoms with van der Waals surface area (Å²) < 4.78 is 11.6. The van der Waals surface area contributed by atoms with Gasteiger partial charge in [-0.3, -0.25) is 10.1 Å². The minimum Gasteiger partial charge on any atom is -0.494 e. The molecule has 0 bridgehead atoms. The van der Waals surface area contributed by atoms with Crippen molar-refractivity contribution in [3.8, 4) is 17.2 Å². The zero-order valence-electron chi connectivity index (χ0n) is 16.7. The number of nitrogens with zero attached hydrogens (tertiary/aromatic N) is 2. The largest absolute Gasteiger partial charge is 0.494 e. The van der Waals surface area contributed by atoms with Crippen LogP contribution in [0.3, 0.4) is 0 Å². The van der Waals surface area contributed by atoms with Gasteiger partial charge in [-0.05, 0) is 42.8 Å². The van der Waals surface area contributed by atoms with Gasteiger partial charge in [-0.1, -0.05) is 59.9 Å². The van der Waals surface area contributed by atoms with E-state index in [-0.39, 0.29) is 5.91 Å². The molecule has 0 fully saturated rings. The first kappa shape index (κ1) is 20.6. The molecule has 6 nitrogen and oxygen atoms in total. The number of aryl methyl sites for hydroxylation is 1. The number of carbonyl (C=O) groups excluding carboxylic acids is 1. The van der Waals surface area contributed by atoms with Gasteiger partial charge in [0.05, 0.1) is 12.2 Å². The Kier molecular flexibility index (Phi) is 6.87. The van der Waals surface area contributed by atoms with Gasteiger partial charge in [0.15, 0.2) is 0 Å². The number of para-hydroxylation sites is 3. The van der Waals surface area contributed by atoms with Crippen molar-refractivity contribution in [2.24, 2.45) is 0 Å². The summed E-state index contributed by atoms with van der Waals surface area (Å²) in [6, 6.07) is 26.2. The lowest BCUT2D eigenvalue weighted by molar-refractivity contribution is 0.102. The number of benzene rings is 3. The van der Waals surface area contributed by atoms with Gasteiger partial charge in [-0.2, -0.15) is 0 Å². The quantitative estimate of drug-likeness (QED) is 0.350. The van der Waals surface area contributed by atoms with Crippen molar-refractivity contribution < 1.29 is 14.3 Å². The number of nitrogens with one attached hydrogen (secondary N) is 1. The highest BCUT2D eigenvalue weighted by Gasteiger charge is 2.15. The first-order valence-electron chi connectivity index (χ1n) is 9.91. The number of anilines is 1. The molecule has 0 unspecified atom stereocenters. The summed E-state index contributed by atoms with van der Waals surface area (Å²) in [7, 11) is 0. The van der Waals surface area contributed by atoms with Crippen LogP contribution in [0.1, 0.15) is 21.8 Å². The van der Waals surface area contributed by atoms with Crippen LogP contribution in [0.25, 0.3) is 0 Å². The van der Waals surface area contributed by atoms with Crippen LogP contribution in [-0.2, 0) is 6.42 Å². The van der Waals surface area contributed by atoms with Crippen molar-refractivity contribution in [1.82, 2.24) is 10.2 Å². The number of carbonyl (C=O) groups is 1. The molecule has 1 heterocycles. The molecule has 156 valence electrons. The summed E-state index contributed by atoms with van der Waals surface area (Å²) in [6.45, 7) is 0.593. The molecule has 31 heavy (non-hydrogen) atoms. The Hall–Kier alpha value is -3.71. The highest BCUT2D eigenvalue weighted by molar-refractivity contribution is 7.15. The minimum absolute atomic E-state index is 0.290. The molecule has 0 spiro atoms. The standard InChI is InChI=1S/C24H21N3O3S/c28-23(20-14-7-8-15-21(20)30-19-12-5-2-6-13-19)25-24-27-26-22(31-24)16-9-17-29-18-10-3-1-4-11-18/h1-8,10-15H,9,16-17H2,(H,25,27,28). The molecule has 4 rings (SSSR count). The number of ether oxygens (including phenoxy) is 2. The van der Waals surface area contributed by atoms with Crippen LogP contribution in [0.5, 0.6) is 17.2 Å². The van der Waals surface area contributed by atoms with Crippen molar-refractivity contribution in [3.05, 3.63) is 95.5 Å². The maximum Gasteiger partial charge on any atom is 0.261 e. The highest BCUT2D eigenvalue weighted by atomic mass is 32.1. The molecule has 4 aromatic rings. The van der Waals surface area contributed by atoms with E-state index in [1.165, 1.54) is 11.3 Å². The molecule has 7 heteroatoms. The van der Waals surface area contributed by atoms with Gasteiger partial charge >= 0.3 is 0 Å². The Labute approximate surface area is 184 Å². The van der Waals surface area contributed by atoms with Gasteiger partial charge in [0.2, 0.25) is 5.13 Å². The van der Waals surface area contributed by atoms with Crippen LogP contribution in [-0.4, -0.2) is 22.7 Å². The molecular formula is C24H21N3O3S. The van der Waals surface area contributed by atoms with Gasteiger partial charge in [0, 0.05) is 6.42 Å². The summed E-state index contributed by atoms with van der Waals surface area (Å²) in [5.41, 5.74) is 0.430. The predicted molar refractivity (Wildman–Crippen MR) is 121 cm³/mol. The van der Waals surface area contributed by atoms with E-state index in [9.17, 15) is 4.79 Å². The van der Waals surface area contributed by atoms with Crippen LogP contribution in [0, 0.1) is 0 Å². The monoisotopic (exact) mass is 431 g/mol. The van der Waals surface area contributed by atoms with E-state index in [0.717, 1.165) is 23.6 Å². The smallest absolute Gasteiger partial charge is 0.261 e. The molecule has 0 aliphatic carbocycles. The van der Waals surface area contributed by atoms with E-state index < -0.39 is 0 Å². The van der Waals surface area contributed by atoms with Gasteiger partial charge in [-0.15, -0.1) is 10.2 Å². The summed E-state index contributed by atoms with van der Waals surface area (Å²) in [4.78, 5) is 12.8. The Morgan fingerprint density at radius 2 is 1.52 bits per heavy atom. The fourth-order valence-corrected chi connectivity index (χ4v) is 3.64. The third-order valence-electron chi connectivity index (χ3n) is 4.34. The Morgan fingerprint density at radius 3 is 2.29 bits per heavy atom. The van der Waals surface area contributed by atoms with Crippen molar-refractivity contribution in [3.63, 3.8) is 0 Å². The van der Waals surface area contributed by atoms with E-state index in [1.54, 1.807) is 18.2 Å². The fourth-order valence-electron chi connectivity index (χ4n) is 2.86. The number of rotatable bonds is 9. The average Bonchev–Trinajstić information content (AvgIpc) is 3.25. The molecule has 1 N–H and O–H groups in total. The van der Waals surface area contributed by atoms with Crippen LogP contribution in [0.4, 0.5) is 5.13 Å². The first-order valence-corrected chi connectivity index (χ1v) is 10.7. The van der Waals surface area contributed by atoms with Gasteiger partial charge < -0.3 is 9.47 Å². The molecule has 0 saturated carbocycles. The minimum atomic E-state index is -0.290. The zero-order chi connectivity index (χ0) is 21.3. The number of hydrogen-bond donors (Lipinski definition) is 1. The second-order valence-corrected chi connectivity index (χ2v) is 7.69. The summed E-state index contributed by atoms with van der Waals surface area (Å²) in [5, 5.41) is 12.4. The van der Waals surface area contributed by atoms with Crippen molar-refractivity contribution in [2.75, 3.05) is 11.9 Å². The third kappa shape index (κ3) is 5.90. The molecule has 3 aromatic carbocycles. The van der Waals surface area contributed by atoms with Crippen molar-refractivity contribution in [1.29, 1.82) is 0 Å². The zero-order valence-corrected chi connectivity index (χ0v) is 17.5. The van der Waals surface area contributed by atoms with E-state index in [4.69, 9.17) is 9.47 Å². The third-order valence-corrected chi connectivity index (χ3v) is 5.24. The molecule has 0 saturated heterocycles. The Morgan fingerprint density at radius 1 is 0.839 bits per heavy atom. The Bertz CT molecular complexity index is 1120. The SMILES string of the molecule is O=C(Nc1nnc(CCCOc2ccccc2)s1)c1ccccc1Oc1ccccc1. The van der Waals surface area contributed by atoms with E-state index in [2.05, 4.69) is 15.5 Å². The molecule has 0 atom stereocenters. The molecule has 1 amide bonds. The van der Waals surface area contributed by atoms with Gasteiger partial charge in [0.25, 0.3) is 5.91 Å². The van der Waals surface area contributed by atoms with Crippen LogP contribution in [0.15, 0.2) is 84.9 Å². The molecule has 0 aliphatic rings. The second-order valence-electron chi connectivity index (χ2n) is 6.63. The van der Waals surface area contributed by atoms with E-state index in [1.807, 2.05) is 66.7 Å². The predicted octanol–water partition coefficient (Wildman–Crippen LogP) is 5.59. The van der Waals surface area contributed by atoms with E-state index >= 15 is 0 Å². The van der Waals surface area contributed by atoms with Crippen LogP contribution >= 0.6 is 11.3 Å². The lowest BCUT2D eigenvalue weighted by Gasteiger charge is -2.10. The first-order chi connectivity index (χ1) is 15.3. The van der Waals surface area contributed by atoms with Crippen LogP contribution < -0.4 is 14.8 Å². The number of hydrogen-bond acceptors (Lipinski definition) is 6. The second kappa shape index (κ2) is 10.4. The van der Waals surface area contributed by atoms with Crippen molar-refractivity contribution >= 4 is 22.4 Å². The van der Waals surface area contributed by atoms with Gasteiger partial charge in [-0.25, -0.2) is 0 Å². The molecular weight excluding hydrogens is 410 g/mol. The highest BCUT2D eigenvalue weighted by Crippen LogP contribution is 2.26. The topological polar surface area (TPSA) is 73.3 Å². The molecule has 0 aliphatic heterocycles. The molecule has 1 aromatic heterocycles. The maximum absolute atomic E-state index is 12.8. The summed E-state index contributed by atoms with van der Waals surface area (Å²) >= 11 is 1.36. The lowest BCUT2D eigenvalue weighted by Crippen LogP contribution is -2.12. The summed E-state index contributed by atoms with van der Waals surface area (Å²) in [5.74, 6) is 1.71. The Balaban J connectivity index is 1.32.